The van der Waals surface area contributed by atoms with Gasteiger partial charge in [-0.05, 0) is 38.7 Å². The Morgan fingerprint density at radius 1 is 1.30 bits per heavy atom. The second-order valence-corrected chi connectivity index (χ2v) is 5.64. The topological polar surface area (TPSA) is 93.2 Å². The zero-order valence-corrected chi connectivity index (χ0v) is 13.5. The summed E-state index contributed by atoms with van der Waals surface area (Å²) in [5.74, 6) is -0.803. The van der Waals surface area contributed by atoms with Gasteiger partial charge in [0.15, 0.2) is 0 Å². The second-order valence-electron chi connectivity index (χ2n) is 5.64. The maximum absolute atomic E-state index is 12.3. The SMILES string of the molecule is Cc1ccc(C(N)=O)cc1NC(=O)c1cnn(CCN(C)C)c1. The molecule has 0 saturated carbocycles. The van der Waals surface area contributed by atoms with E-state index in [4.69, 9.17) is 5.73 Å². The fourth-order valence-electron chi connectivity index (χ4n) is 2.01. The lowest BCUT2D eigenvalue weighted by Crippen LogP contribution is -2.18. The highest BCUT2D eigenvalue weighted by atomic mass is 16.2. The number of carbonyl (C=O) groups is 2. The summed E-state index contributed by atoms with van der Waals surface area (Å²) in [7, 11) is 3.96. The molecule has 1 heterocycles. The summed E-state index contributed by atoms with van der Waals surface area (Å²) in [6, 6.07) is 4.95. The van der Waals surface area contributed by atoms with Crippen molar-refractivity contribution in [2.24, 2.45) is 5.73 Å². The molecule has 23 heavy (non-hydrogen) atoms. The van der Waals surface area contributed by atoms with Gasteiger partial charge in [-0.15, -0.1) is 0 Å². The summed E-state index contributed by atoms with van der Waals surface area (Å²) in [6.07, 6.45) is 3.23. The van der Waals surface area contributed by atoms with Gasteiger partial charge in [-0.2, -0.15) is 5.10 Å². The monoisotopic (exact) mass is 315 g/mol. The van der Waals surface area contributed by atoms with E-state index in [1.54, 1.807) is 29.1 Å². The molecule has 0 spiro atoms. The standard InChI is InChI=1S/C16H21N5O2/c1-11-4-5-12(15(17)22)8-14(11)19-16(23)13-9-18-21(10-13)7-6-20(2)3/h4-5,8-10H,6-7H2,1-3H3,(H2,17,22)(H,19,23). The van der Waals surface area contributed by atoms with Crippen LogP contribution in [0.2, 0.25) is 0 Å². The number of likely N-dealkylation sites (N-methyl/N-ethyl adjacent to an activating group) is 1. The smallest absolute Gasteiger partial charge is 0.258 e. The van der Waals surface area contributed by atoms with Crippen molar-refractivity contribution in [2.75, 3.05) is 26.0 Å². The number of carbonyl (C=O) groups excluding carboxylic acids is 2. The van der Waals surface area contributed by atoms with E-state index in [1.807, 2.05) is 25.9 Å². The normalized spacial score (nSPS) is 10.8. The van der Waals surface area contributed by atoms with Crippen LogP contribution in [0, 0.1) is 6.92 Å². The third-order valence-corrected chi connectivity index (χ3v) is 3.44. The Balaban J connectivity index is 2.10. The van der Waals surface area contributed by atoms with Crippen LogP contribution in [0.3, 0.4) is 0 Å². The quantitative estimate of drug-likeness (QED) is 0.835. The Labute approximate surface area is 135 Å². The van der Waals surface area contributed by atoms with E-state index in [9.17, 15) is 9.59 Å². The van der Waals surface area contributed by atoms with Gasteiger partial charge in [-0.3, -0.25) is 14.3 Å². The van der Waals surface area contributed by atoms with Crippen molar-refractivity contribution >= 4 is 17.5 Å². The van der Waals surface area contributed by atoms with E-state index in [0.717, 1.165) is 12.1 Å². The lowest BCUT2D eigenvalue weighted by molar-refractivity contribution is 0.0996. The molecule has 1 aromatic heterocycles. The van der Waals surface area contributed by atoms with Gasteiger partial charge in [0, 0.05) is 24.0 Å². The molecule has 2 rings (SSSR count). The molecule has 0 saturated heterocycles. The first-order chi connectivity index (χ1) is 10.9. The van der Waals surface area contributed by atoms with Gasteiger partial charge in [-0.1, -0.05) is 6.07 Å². The fourth-order valence-corrected chi connectivity index (χ4v) is 2.01. The summed E-state index contributed by atoms with van der Waals surface area (Å²) < 4.78 is 1.72. The minimum absolute atomic E-state index is 0.272. The Bertz CT molecular complexity index is 721. The first-order valence-electron chi connectivity index (χ1n) is 7.26. The number of anilines is 1. The average molecular weight is 315 g/mol. The van der Waals surface area contributed by atoms with Gasteiger partial charge in [0.1, 0.15) is 0 Å². The first-order valence-corrected chi connectivity index (χ1v) is 7.26. The summed E-state index contributed by atoms with van der Waals surface area (Å²) in [6.45, 7) is 3.39. The molecule has 0 aliphatic rings. The minimum Gasteiger partial charge on any atom is -0.366 e. The molecule has 0 atom stereocenters. The van der Waals surface area contributed by atoms with Crippen LogP contribution in [0.5, 0.6) is 0 Å². The zero-order valence-electron chi connectivity index (χ0n) is 13.5. The molecule has 0 aliphatic heterocycles. The molecule has 0 aliphatic carbocycles. The van der Waals surface area contributed by atoms with E-state index in [0.29, 0.717) is 23.4 Å². The van der Waals surface area contributed by atoms with Gasteiger partial charge < -0.3 is 16.0 Å². The van der Waals surface area contributed by atoms with Gasteiger partial charge in [-0.25, -0.2) is 0 Å². The van der Waals surface area contributed by atoms with Crippen LogP contribution in [-0.4, -0.2) is 47.1 Å². The largest absolute Gasteiger partial charge is 0.366 e. The van der Waals surface area contributed by atoms with Crippen molar-refractivity contribution < 1.29 is 9.59 Å². The number of aryl methyl sites for hydroxylation is 1. The van der Waals surface area contributed by atoms with Crippen LogP contribution < -0.4 is 11.1 Å². The van der Waals surface area contributed by atoms with Crippen LogP contribution >= 0.6 is 0 Å². The molecule has 0 bridgehead atoms. The number of hydrogen-bond donors (Lipinski definition) is 2. The molecule has 0 radical (unpaired) electrons. The summed E-state index contributed by atoms with van der Waals surface area (Å²) >= 11 is 0. The maximum atomic E-state index is 12.3. The summed E-state index contributed by atoms with van der Waals surface area (Å²) in [5.41, 5.74) is 7.50. The number of nitrogens with zero attached hydrogens (tertiary/aromatic N) is 3. The van der Waals surface area contributed by atoms with Crippen molar-refractivity contribution in [2.45, 2.75) is 13.5 Å². The number of nitrogens with two attached hydrogens (primary N) is 1. The zero-order chi connectivity index (χ0) is 17.0. The van der Waals surface area contributed by atoms with Crippen LogP contribution in [0.25, 0.3) is 0 Å². The Morgan fingerprint density at radius 2 is 2.04 bits per heavy atom. The van der Waals surface area contributed by atoms with E-state index in [-0.39, 0.29) is 5.91 Å². The molecule has 0 fully saturated rings. The van der Waals surface area contributed by atoms with Crippen molar-refractivity contribution in [3.63, 3.8) is 0 Å². The van der Waals surface area contributed by atoms with Crippen molar-refractivity contribution in [1.82, 2.24) is 14.7 Å². The first kappa shape index (κ1) is 16.7. The number of aromatic nitrogens is 2. The molecular formula is C16H21N5O2. The highest BCUT2D eigenvalue weighted by Gasteiger charge is 2.12. The van der Waals surface area contributed by atoms with Crippen molar-refractivity contribution in [3.05, 3.63) is 47.3 Å². The Morgan fingerprint density at radius 3 is 2.70 bits per heavy atom. The molecule has 0 unspecified atom stereocenters. The second kappa shape index (κ2) is 7.06. The summed E-state index contributed by atoms with van der Waals surface area (Å²) in [4.78, 5) is 25.6. The van der Waals surface area contributed by atoms with Crippen molar-refractivity contribution in [3.8, 4) is 0 Å². The highest BCUT2D eigenvalue weighted by Crippen LogP contribution is 2.17. The molecule has 2 aromatic rings. The summed E-state index contributed by atoms with van der Waals surface area (Å²) in [5, 5.41) is 6.96. The highest BCUT2D eigenvalue weighted by molar-refractivity contribution is 6.05. The number of benzene rings is 1. The molecule has 7 nitrogen and oxygen atoms in total. The van der Waals surface area contributed by atoms with Crippen molar-refractivity contribution in [1.29, 1.82) is 0 Å². The Kier molecular flexibility index (Phi) is 5.13. The average Bonchev–Trinajstić information content (AvgIpc) is 2.96. The number of hydrogen-bond acceptors (Lipinski definition) is 4. The van der Waals surface area contributed by atoms with Crippen LogP contribution in [0.4, 0.5) is 5.69 Å². The van der Waals surface area contributed by atoms with Gasteiger partial charge >= 0.3 is 0 Å². The molecule has 3 N–H and O–H groups in total. The lowest BCUT2D eigenvalue weighted by atomic mass is 10.1. The number of rotatable bonds is 6. The van der Waals surface area contributed by atoms with E-state index in [2.05, 4.69) is 10.4 Å². The van der Waals surface area contributed by atoms with Gasteiger partial charge in [0.05, 0.1) is 18.3 Å². The molecule has 1 aromatic carbocycles. The van der Waals surface area contributed by atoms with Crippen LogP contribution in [0.15, 0.2) is 30.6 Å². The van der Waals surface area contributed by atoms with Crippen LogP contribution in [0.1, 0.15) is 26.3 Å². The Hall–Kier alpha value is -2.67. The number of nitrogens with one attached hydrogen (secondary N) is 1. The molecule has 7 heteroatoms. The van der Waals surface area contributed by atoms with Crippen LogP contribution in [-0.2, 0) is 6.54 Å². The number of primary amides is 1. The third-order valence-electron chi connectivity index (χ3n) is 3.44. The van der Waals surface area contributed by atoms with Gasteiger partial charge in [0.25, 0.3) is 5.91 Å². The van der Waals surface area contributed by atoms with E-state index >= 15 is 0 Å². The molecular weight excluding hydrogens is 294 g/mol. The van der Waals surface area contributed by atoms with E-state index < -0.39 is 5.91 Å². The fraction of sp³-hybridized carbons (Fsp3) is 0.312. The lowest BCUT2D eigenvalue weighted by Gasteiger charge is -2.09. The van der Waals surface area contributed by atoms with E-state index in [1.165, 1.54) is 6.20 Å². The minimum atomic E-state index is -0.531. The predicted octanol–water partition coefficient (Wildman–Crippen LogP) is 1.10. The maximum Gasteiger partial charge on any atom is 0.258 e. The predicted molar refractivity (Wildman–Crippen MR) is 88.4 cm³/mol. The third kappa shape index (κ3) is 4.40. The molecule has 2 amide bonds. The molecule has 122 valence electrons. The van der Waals surface area contributed by atoms with Gasteiger partial charge in [0.2, 0.25) is 5.91 Å². The number of amides is 2.